The van der Waals surface area contributed by atoms with Crippen LogP contribution >= 0.6 is 0 Å². The van der Waals surface area contributed by atoms with Gasteiger partial charge in [-0.25, -0.2) is 0 Å². The molecular formula is C28H38O5. The summed E-state index contributed by atoms with van der Waals surface area (Å²) in [6.45, 7) is 13.3. The van der Waals surface area contributed by atoms with E-state index < -0.39 is 5.75 Å². The summed E-state index contributed by atoms with van der Waals surface area (Å²) in [5.41, 5.74) is 1.29. The molecule has 0 aromatic heterocycles. The summed E-state index contributed by atoms with van der Waals surface area (Å²) in [6, 6.07) is 0. The Balaban J connectivity index is 2.00. The van der Waals surface area contributed by atoms with E-state index in [2.05, 4.69) is 47.6 Å². The van der Waals surface area contributed by atoms with Crippen LogP contribution in [0.1, 0.15) is 106 Å². The van der Waals surface area contributed by atoms with Crippen LogP contribution in [0.5, 0.6) is 17.2 Å². The Morgan fingerprint density at radius 3 is 2.33 bits per heavy atom. The first-order valence-electron chi connectivity index (χ1n) is 12.4. The van der Waals surface area contributed by atoms with Gasteiger partial charge in [-0.3, -0.25) is 9.59 Å². The van der Waals surface area contributed by atoms with Crippen LogP contribution in [-0.4, -0.2) is 28.9 Å². The zero-order chi connectivity index (χ0) is 24.3. The Kier molecular flexibility index (Phi) is 5.91. The van der Waals surface area contributed by atoms with Gasteiger partial charge < -0.3 is 14.9 Å². The van der Waals surface area contributed by atoms with Crippen LogP contribution < -0.4 is 4.74 Å². The molecule has 4 rings (SSSR count). The van der Waals surface area contributed by atoms with Gasteiger partial charge >= 0.3 is 0 Å². The van der Waals surface area contributed by atoms with E-state index in [0.717, 1.165) is 32.1 Å². The van der Waals surface area contributed by atoms with Crippen molar-refractivity contribution in [3.63, 3.8) is 0 Å². The van der Waals surface area contributed by atoms with Gasteiger partial charge in [-0.2, -0.15) is 0 Å². The van der Waals surface area contributed by atoms with Crippen molar-refractivity contribution in [3.8, 4) is 17.2 Å². The minimum Gasteiger partial charge on any atom is -0.507 e. The normalized spacial score (nSPS) is 33.0. The monoisotopic (exact) mass is 454 g/mol. The molecule has 0 saturated heterocycles. The van der Waals surface area contributed by atoms with Crippen molar-refractivity contribution < 1.29 is 24.5 Å². The van der Waals surface area contributed by atoms with Gasteiger partial charge in [-0.05, 0) is 49.9 Å². The second-order valence-electron chi connectivity index (χ2n) is 11.6. The number of hydrogen-bond acceptors (Lipinski definition) is 5. The Labute approximate surface area is 197 Å². The van der Waals surface area contributed by atoms with E-state index in [9.17, 15) is 19.8 Å². The zero-order valence-electron chi connectivity index (χ0n) is 20.8. The van der Waals surface area contributed by atoms with E-state index in [0.29, 0.717) is 35.9 Å². The fourth-order valence-electron chi connectivity index (χ4n) is 7.02. The van der Waals surface area contributed by atoms with Crippen molar-refractivity contribution in [2.75, 3.05) is 0 Å². The van der Waals surface area contributed by atoms with Gasteiger partial charge in [0.1, 0.15) is 23.4 Å². The number of phenolic OH excluding ortho intramolecular Hbond substituents is 2. The number of allylic oxidation sites excluding steroid dienone is 1. The lowest BCUT2D eigenvalue weighted by Crippen LogP contribution is -2.51. The van der Waals surface area contributed by atoms with Crippen molar-refractivity contribution >= 4 is 12.6 Å². The Morgan fingerprint density at radius 1 is 1.09 bits per heavy atom. The molecule has 1 heterocycles. The molecule has 5 nitrogen and oxygen atoms in total. The number of carbonyl (C=O) groups excluding carboxylic acids is 2. The largest absolute Gasteiger partial charge is 0.507 e. The molecule has 0 bridgehead atoms. The summed E-state index contributed by atoms with van der Waals surface area (Å²) in [6.07, 6.45) is 8.19. The Morgan fingerprint density at radius 2 is 1.76 bits per heavy atom. The Hall–Kier alpha value is -2.30. The third kappa shape index (κ3) is 3.33. The molecule has 180 valence electrons. The third-order valence-corrected chi connectivity index (χ3v) is 9.00. The molecule has 5 heteroatoms. The van der Waals surface area contributed by atoms with E-state index in [1.807, 2.05) is 0 Å². The number of phenols is 2. The molecule has 1 fully saturated rings. The molecule has 5 atom stereocenters. The highest BCUT2D eigenvalue weighted by molar-refractivity contribution is 5.95. The lowest BCUT2D eigenvalue weighted by molar-refractivity contribution is -0.0359. The van der Waals surface area contributed by atoms with E-state index in [1.54, 1.807) is 0 Å². The molecule has 1 aliphatic heterocycles. The quantitative estimate of drug-likeness (QED) is 0.397. The number of aldehydes is 2. The molecule has 1 saturated carbocycles. The molecule has 1 spiro atoms. The summed E-state index contributed by atoms with van der Waals surface area (Å²) in [7, 11) is 0. The molecule has 0 amide bonds. The molecule has 1 aromatic rings. The minimum atomic E-state index is -0.495. The number of rotatable bonds is 5. The minimum absolute atomic E-state index is 0.0284. The fourth-order valence-corrected chi connectivity index (χ4v) is 7.02. The predicted octanol–water partition coefficient (Wildman–Crippen LogP) is 6.41. The number of ether oxygens (including phenoxy) is 1. The van der Waals surface area contributed by atoms with Crippen molar-refractivity contribution in [2.45, 2.75) is 85.7 Å². The third-order valence-electron chi connectivity index (χ3n) is 9.00. The van der Waals surface area contributed by atoms with Crippen LogP contribution in [0, 0.1) is 28.6 Å². The topological polar surface area (TPSA) is 83.8 Å². The number of benzene rings is 1. The number of fused-ring (bicyclic) bond motifs is 3. The van der Waals surface area contributed by atoms with Gasteiger partial charge in [0.05, 0.1) is 11.1 Å². The van der Waals surface area contributed by atoms with Gasteiger partial charge in [0.25, 0.3) is 0 Å². The van der Waals surface area contributed by atoms with Crippen molar-refractivity contribution in [3.05, 3.63) is 28.3 Å². The standard InChI is InChI=1S/C28H38O5/c1-15(2)11-21-22-24(32)19(13-29)23(31)20(14-30)25(22)33-26-27(21,6)9-10-28(26)12-18(16(3)4)8-7-17(28)5/h12-17,21,26,31-32H,7-11H2,1-6H3/t17-,21+,26-,27+,28+/m1/s1. The van der Waals surface area contributed by atoms with Crippen LogP contribution in [0.4, 0.5) is 0 Å². The molecule has 0 unspecified atom stereocenters. The number of carbonyl (C=O) groups is 2. The van der Waals surface area contributed by atoms with Crippen LogP contribution in [0.3, 0.4) is 0 Å². The molecular weight excluding hydrogens is 416 g/mol. The second kappa shape index (κ2) is 8.18. The number of aromatic hydroxyl groups is 2. The maximum absolute atomic E-state index is 12.1. The van der Waals surface area contributed by atoms with E-state index >= 15 is 0 Å². The number of hydrogen-bond donors (Lipinski definition) is 2. The average Bonchev–Trinajstić information content (AvgIpc) is 3.04. The van der Waals surface area contributed by atoms with Crippen molar-refractivity contribution in [1.82, 2.24) is 0 Å². The Bertz CT molecular complexity index is 1010. The molecule has 0 radical (unpaired) electrons. The van der Waals surface area contributed by atoms with Gasteiger partial charge in [0.2, 0.25) is 0 Å². The average molecular weight is 455 g/mol. The second-order valence-corrected chi connectivity index (χ2v) is 11.6. The summed E-state index contributed by atoms with van der Waals surface area (Å²) in [4.78, 5) is 23.8. The molecule has 2 N–H and O–H groups in total. The predicted molar refractivity (Wildman–Crippen MR) is 128 cm³/mol. The first kappa shape index (κ1) is 23.8. The van der Waals surface area contributed by atoms with E-state index in [1.165, 1.54) is 5.57 Å². The summed E-state index contributed by atoms with van der Waals surface area (Å²) in [5.74, 6) is 0.662. The maximum atomic E-state index is 12.1. The SMILES string of the molecule is CC(C)C[C@H]1c2c(O)c(C=O)c(O)c(C=O)c2O[C@@H]2[C@@]1(C)CC[C@@]21C=C(C(C)C)CC[C@H]1C. The summed E-state index contributed by atoms with van der Waals surface area (Å²) < 4.78 is 6.73. The van der Waals surface area contributed by atoms with Crippen LogP contribution in [-0.2, 0) is 0 Å². The molecule has 1 aromatic carbocycles. The lowest BCUT2D eigenvalue weighted by atomic mass is 9.59. The van der Waals surface area contributed by atoms with Crippen LogP contribution in [0.25, 0.3) is 0 Å². The van der Waals surface area contributed by atoms with Gasteiger partial charge in [-0.1, -0.05) is 53.2 Å². The van der Waals surface area contributed by atoms with E-state index in [4.69, 9.17) is 4.74 Å². The highest BCUT2D eigenvalue weighted by Gasteiger charge is 2.64. The van der Waals surface area contributed by atoms with Gasteiger partial charge in [0, 0.05) is 22.3 Å². The lowest BCUT2D eigenvalue weighted by Gasteiger charge is -2.52. The maximum Gasteiger partial charge on any atom is 0.157 e. The van der Waals surface area contributed by atoms with Gasteiger partial charge in [-0.15, -0.1) is 0 Å². The first-order valence-corrected chi connectivity index (χ1v) is 12.4. The smallest absolute Gasteiger partial charge is 0.157 e. The van der Waals surface area contributed by atoms with E-state index in [-0.39, 0.29) is 45.5 Å². The zero-order valence-corrected chi connectivity index (χ0v) is 20.8. The molecule has 3 aliphatic rings. The van der Waals surface area contributed by atoms with Crippen molar-refractivity contribution in [1.29, 1.82) is 0 Å². The summed E-state index contributed by atoms with van der Waals surface area (Å²) in [5, 5.41) is 21.8. The fraction of sp³-hybridized carbons (Fsp3) is 0.643. The van der Waals surface area contributed by atoms with Crippen molar-refractivity contribution in [2.24, 2.45) is 28.6 Å². The van der Waals surface area contributed by atoms with Crippen LogP contribution in [0.15, 0.2) is 11.6 Å². The summed E-state index contributed by atoms with van der Waals surface area (Å²) >= 11 is 0. The molecule has 33 heavy (non-hydrogen) atoms. The molecule has 2 aliphatic carbocycles. The van der Waals surface area contributed by atoms with Gasteiger partial charge in [0.15, 0.2) is 12.6 Å². The highest BCUT2D eigenvalue weighted by Crippen LogP contribution is 2.68. The van der Waals surface area contributed by atoms with Crippen LogP contribution in [0.2, 0.25) is 0 Å². The first-order chi connectivity index (χ1) is 15.5. The highest BCUT2D eigenvalue weighted by atomic mass is 16.5.